The molecular weight excluding hydrogens is 332 g/mol. The number of nitriles is 1. The molecule has 0 saturated heterocycles. The molecule has 26 heavy (non-hydrogen) atoms. The Morgan fingerprint density at radius 2 is 2.19 bits per heavy atom. The van der Waals surface area contributed by atoms with E-state index in [0.29, 0.717) is 22.0 Å². The number of nitrogens with one attached hydrogen (secondary N) is 3. The van der Waals surface area contributed by atoms with Crippen LogP contribution in [0.25, 0.3) is 10.9 Å². The number of aliphatic hydroxyl groups is 1. The smallest absolute Gasteiger partial charge is 0.253 e. The third-order valence-corrected chi connectivity index (χ3v) is 4.91. The van der Waals surface area contributed by atoms with Crippen LogP contribution >= 0.6 is 0 Å². The van der Waals surface area contributed by atoms with Gasteiger partial charge in [-0.15, -0.1) is 0 Å². The summed E-state index contributed by atoms with van der Waals surface area (Å²) < 4.78 is 0. The Labute approximate surface area is 151 Å². The number of aliphatic hydroxyl groups excluding tert-OH is 1. The third kappa shape index (κ3) is 3.55. The number of carbonyl (C=O) groups is 2. The zero-order valence-electron chi connectivity index (χ0n) is 14.6. The van der Waals surface area contributed by atoms with Crippen molar-refractivity contribution in [3.8, 4) is 6.07 Å². The fourth-order valence-corrected chi connectivity index (χ4v) is 3.12. The summed E-state index contributed by atoms with van der Waals surface area (Å²) in [6, 6.07) is 6.98. The SMILES string of the molecule is C[C@H](CNC(=O)[C@@H](O)C1CCC1)NC(=O)c1cccc2c(C#N)c[nH]c12. The molecule has 1 aromatic heterocycles. The van der Waals surface area contributed by atoms with E-state index in [-0.39, 0.29) is 30.3 Å². The number of para-hydroxylation sites is 1. The predicted molar refractivity (Wildman–Crippen MR) is 96.3 cm³/mol. The molecular formula is C19H22N4O3. The molecule has 7 nitrogen and oxygen atoms in total. The average molecular weight is 354 g/mol. The third-order valence-electron chi connectivity index (χ3n) is 4.91. The summed E-state index contributed by atoms with van der Waals surface area (Å²) in [5, 5.41) is 25.2. The van der Waals surface area contributed by atoms with Crippen LogP contribution in [0.5, 0.6) is 0 Å². The van der Waals surface area contributed by atoms with E-state index in [9.17, 15) is 14.7 Å². The van der Waals surface area contributed by atoms with Crippen LogP contribution in [0.2, 0.25) is 0 Å². The number of rotatable bonds is 6. The number of aromatic nitrogens is 1. The van der Waals surface area contributed by atoms with Gasteiger partial charge in [0.1, 0.15) is 12.2 Å². The van der Waals surface area contributed by atoms with Crippen LogP contribution in [0.15, 0.2) is 24.4 Å². The van der Waals surface area contributed by atoms with Gasteiger partial charge in [0, 0.05) is 24.2 Å². The zero-order valence-corrected chi connectivity index (χ0v) is 14.6. The molecule has 7 heteroatoms. The van der Waals surface area contributed by atoms with Crippen molar-refractivity contribution in [2.24, 2.45) is 5.92 Å². The number of H-pyrrole nitrogens is 1. The molecule has 0 radical (unpaired) electrons. The molecule has 1 fully saturated rings. The first-order valence-electron chi connectivity index (χ1n) is 8.78. The maximum atomic E-state index is 12.5. The standard InChI is InChI=1S/C19H22N4O3/c1-11(9-22-19(26)17(24)12-4-2-5-12)23-18(25)15-7-3-6-14-13(8-20)10-21-16(14)15/h3,6-7,10-12,17,21,24H,2,4-5,9H2,1H3,(H,22,26)(H,23,25)/t11-,17+/m1/s1. The van der Waals surface area contributed by atoms with Crippen LogP contribution in [-0.2, 0) is 4.79 Å². The van der Waals surface area contributed by atoms with Crippen molar-refractivity contribution >= 4 is 22.7 Å². The van der Waals surface area contributed by atoms with E-state index in [4.69, 9.17) is 5.26 Å². The summed E-state index contributed by atoms with van der Waals surface area (Å²) in [6.07, 6.45) is 3.42. The van der Waals surface area contributed by atoms with E-state index in [1.54, 1.807) is 31.3 Å². The number of hydrogen-bond donors (Lipinski definition) is 4. The lowest BCUT2D eigenvalue weighted by molar-refractivity contribution is -0.133. The van der Waals surface area contributed by atoms with Gasteiger partial charge < -0.3 is 20.7 Å². The molecule has 2 aromatic rings. The first-order chi connectivity index (χ1) is 12.5. The lowest BCUT2D eigenvalue weighted by Crippen LogP contribution is -2.47. The first-order valence-corrected chi connectivity index (χ1v) is 8.78. The van der Waals surface area contributed by atoms with Crippen molar-refractivity contribution in [2.45, 2.75) is 38.3 Å². The molecule has 1 aliphatic rings. The summed E-state index contributed by atoms with van der Waals surface area (Å²) in [5.41, 5.74) is 1.54. The molecule has 4 N–H and O–H groups in total. The second-order valence-electron chi connectivity index (χ2n) is 6.80. The number of aromatic amines is 1. The van der Waals surface area contributed by atoms with E-state index in [2.05, 4.69) is 21.7 Å². The van der Waals surface area contributed by atoms with Gasteiger partial charge >= 0.3 is 0 Å². The van der Waals surface area contributed by atoms with Crippen molar-refractivity contribution < 1.29 is 14.7 Å². The van der Waals surface area contributed by atoms with Gasteiger partial charge in [-0.2, -0.15) is 5.26 Å². The van der Waals surface area contributed by atoms with Crippen LogP contribution in [0.3, 0.4) is 0 Å². The Bertz CT molecular complexity index is 863. The summed E-state index contributed by atoms with van der Waals surface area (Å²) in [6.45, 7) is 2.02. The molecule has 1 saturated carbocycles. The molecule has 3 rings (SSSR count). The van der Waals surface area contributed by atoms with Gasteiger partial charge in [-0.3, -0.25) is 9.59 Å². The van der Waals surface area contributed by atoms with Gasteiger partial charge in [0.2, 0.25) is 5.91 Å². The van der Waals surface area contributed by atoms with Crippen LogP contribution in [0.1, 0.15) is 42.1 Å². The maximum absolute atomic E-state index is 12.5. The van der Waals surface area contributed by atoms with Crippen LogP contribution in [0.4, 0.5) is 0 Å². The molecule has 0 bridgehead atoms. The first kappa shape index (κ1) is 18.0. The Morgan fingerprint density at radius 3 is 2.85 bits per heavy atom. The fourth-order valence-electron chi connectivity index (χ4n) is 3.12. The highest BCUT2D eigenvalue weighted by molar-refractivity contribution is 6.07. The molecule has 0 unspecified atom stereocenters. The van der Waals surface area contributed by atoms with Gasteiger partial charge in [-0.05, 0) is 31.7 Å². The summed E-state index contributed by atoms with van der Waals surface area (Å²) in [7, 11) is 0. The monoisotopic (exact) mass is 354 g/mol. The minimum atomic E-state index is -0.969. The molecule has 1 aliphatic carbocycles. The van der Waals surface area contributed by atoms with E-state index >= 15 is 0 Å². The van der Waals surface area contributed by atoms with Crippen LogP contribution < -0.4 is 10.6 Å². The second kappa shape index (κ2) is 7.58. The van der Waals surface area contributed by atoms with Gasteiger partial charge in [0.05, 0.1) is 16.6 Å². The Morgan fingerprint density at radius 1 is 1.42 bits per heavy atom. The van der Waals surface area contributed by atoms with E-state index < -0.39 is 6.10 Å². The number of carbonyl (C=O) groups excluding carboxylic acids is 2. The minimum absolute atomic E-state index is 0.0553. The number of nitrogens with zero attached hydrogens (tertiary/aromatic N) is 1. The molecule has 2 atom stereocenters. The summed E-state index contributed by atoms with van der Waals surface area (Å²) in [5.74, 6) is -0.621. The number of amides is 2. The normalized spacial score (nSPS) is 16.3. The lowest BCUT2D eigenvalue weighted by Gasteiger charge is -2.29. The summed E-state index contributed by atoms with van der Waals surface area (Å²) >= 11 is 0. The number of hydrogen-bond acceptors (Lipinski definition) is 4. The van der Waals surface area contributed by atoms with Crippen molar-refractivity contribution in [2.75, 3.05) is 6.54 Å². The van der Waals surface area contributed by atoms with Crippen LogP contribution in [-0.4, -0.2) is 40.6 Å². The van der Waals surface area contributed by atoms with Crippen molar-refractivity contribution in [3.63, 3.8) is 0 Å². The maximum Gasteiger partial charge on any atom is 0.253 e. The van der Waals surface area contributed by atoms with E-state index in [1.807, 2.05) is 0 Å². The Hall–Kier alpha value is -2.85. The largest absolute Gasteiger partial charge is 0.383 e. The zero-order chi connectivity index (χ0) is 18.7. The second-order valence-corrected chi connectivity index (χ2v) is 6.80. The quantitative estimate of drug-likeness (QED) is 0.627. The Balaban J connectivity index is 1.58. The van der Waals surface area contributed by atoms with Crippen molar-refractivity contribution in [3.05, 3.63) is 35.5 Å². The van der Waals surface area contributed by atoms with Crippen LogP contribution in [0, 0.1) is 17.2 Å². The highest BCUT2D eigenvalue weighted by Gasteiger charge is 2.30. The molecule has 2 amide bonds. The van der Waals surface area contributed by atoms with Gasteiger partial charge in [-0.1, -0.05) is 18.6 Å². The minimum Gasteiger partial charge on any atom is -0.383 e. The highest BCUT2D eigenvalue weighted by atomic mass is 16.3. The number of fused-ring (bicyclic) bond motifs is 1. The number of benzene rings is 1. The van der Waals surface area contributed by atoms with Gasteiger partial charge in [0.15, 0.2) is 0 Å². The molecule has 0 aliphatic heterocycles. The van der Waals surface area contributed by atoms with Gasteiger partial charge in [0.25, 0.3) is 5.91 Å². The van der Waals surface area contributed by atoms with Crippen molar-refractivity contribution in [1.82, 2.24) is 15.6 Å². The Kier molecular flexibility index (Phi) is 5.24. The molecule has 136 valence electrons. The van der Waals surface area contributed by atoms with Gasteiger partial charge in [-0.25, -0.2) is 0 Å². The predicted octanol–water partition coefficient (Wildman–Crippen LogP) is 1.44. The average Bonchev–Trinajstić information content (AvgIpc) is 3.01. The highest BCUT2D eigenvalue weighted by Crippen LogP contribution is 2.29. The fraction of sp³-hybridized carbons (Fsp3) is 0.421. The van der Waals surface area contributed by atoms with E-state index in [1.165, 1.54) is 0 Å². The molecule has 1 heterocycles. The lowest BCUT2D eigenvalue weighted by atomic mass is 9.81. The molecule has 0 spiro atoms. The summed E-state index contributed by atoms with van der Waals surface area (Å²) in [4.78, 5) is 27.4. The topological polar surface area (TPSA) is 118 Å². The molecule has 1 aromatic carbocycles. The van der Waals surface area contributed by atoms with E-state index in [0.717, 1.165) is 19.3 Å². The van der Waals surface area contributed by atoms with Crippen molar-refractivity contribution in [1.29, 1.82) is 5.26 Å².